The quantitative estimate of drug-likeness (QED) is 0.765. The molecule has 2 unspecified atom stereocenters. The number of hydrogen-bond acceptors (Lipinski definition) is 3. The van der Waals surface area contributed by atoms with Crippen LogP contribution in [0.15, 0.2) is 0 Å². The molecular weight excluding hydrogens is 224 g/mol. The third kappa shape index (κ3) is 2.89. The van der Waals surface area contributed by atoms with Crippen molar-refractivity contribution in [2.24, 2.45) is 11.3 Å². The summed E-state index contributed by atoms with van der Waals surface area (Å²) in [7, 11) is 2.19. The van der Waals surface area contributed by atoms with Crippen LogP contribution in [0.1, 0.15) is 27.2 Å². The summed E-state index contributed by atoms with van der Waals surface area (Å²) in [4.78, 5) is 2.39. The molecule has 3 nitrogen and oxygen atoms in total. The molecular formula is C12H25ClN2O. The van der Waals surface area contributed by atoms with Crippen LogP contribution >= 0.6 is 12.4 Å². The SMILES string of the molecule is CN1CCC(C2(C)NCC(C)(C)CO2)C1.Cl. The minimum Gasteiger partial charge on any atom is -0.360 e. The predicted molar refractivity (Wildman–Crippen MR) is 69.0 cm³/mol. The van der Waals surface area contributed by atoms with Crippen molar-refractivity contribution in [3.8, 4) is 0 Å². The molecule has 2 rings (SSSR count). The van der Waals surface area contributed by atoms with Gasteiger partial charge in [0.25, 0.3) is 0 Å². The lowest BCUT2D eigenvalue weighted by molar-refractivity contribution is -0.154. The van der Waals surface area contributed by atoms with Crippen molar-refractivity contribution in [1.82, 2.24) is 10.2 Å². The summed E-state index contributed by atoms with van der Waals surface area (Å²) in [5.41, 5.74) is 0.185. The van der Waals surface area contributed by atoms with Gasteiger partial charge in [0.1, 0.15) is 5.72 Å². The molecule has 1 N–H and O–H groups in total. The van der Waals surface area contributed by atoms with Gasteiger partial charge in [-0.15, -0.1) is 12.4 Å². The molecule has 0 saturated carbocycles. The highest BCUT2D eigenvalue weighted by Gasteiger charge is 2.43. The highest BCUT2D eigenvalue weighted by molar-refractivity contribution is 5.85. The Morgan fingerprint density at radius 3 is 2.44 bits per heavy atom. The van der Waals surface area contributed by atoms with Gasteiger partial charge in [-0.1, -0.05) is 13.8 Å². The van der Waals surface area contributed by atoms with Crippen molar-refractivity contribution in [2.45, 2.75) is 32.9 Å². The second-order valence-corrected chi connectivity index (χ2v) is 6.16. The van der Waals surface area contributed by atoms with Gasteiger partial charge in [-0.25, -0.2) is 0 Å². The summed E-state index contributed by atoms with van der Waals surface area (Å²) in [6, 6.07) is 0. The molecule has 2 atom stereocenters. The zero-order valence-corrected chi connectivity index (χ0v) is 11.7. The van der Waals surface area contributed by atoms with Gasteiger partial charge in [-0.05, 0) is 26.9 Å². The van der Waals surface area contributed by atoms with E-state index in [1.54, 1.807) is 0 Å². The third-order valence-corrected chi connectivity index (χ3v) is 3.85. The highest BCUT2D eigenvalue weighted by atomic mass is 35.5. The largest absolute Gasteiger partial charge is 0.360 e. The molecule has 0 aromatic rings. The van der Waals surface area contributed by atoms with Crippen LogP contribution < -0.4 is 5.32 Å². The van der Waals surface area contributed by atoms with E-state index in [9.17, 15) is 0 Å². The first-order chi connectivity index (χ1) is 6.91. The molecule has 2 saturated heterocycles. The predicted octanol–water partition coefficient (Wildman–Crippen LogP) is 1.72. The molecule has 2 fully saturated rings. The fraction of sp³-hybridized carbons (Fsp3) is 1.00. The Labute approximate surface area is 105 Å². The Bertz CT molecular complexity index is 235. The van der Waals surface area contributed by atoms with Gasteiger partial charge in [-0.3, -0.25) is 5.32 Å². The minimum absolute atomic E-state index is 0. The number of hydrogen-bond donors (Lipinski definition) is 1. The van der Waals surface area contributed by atoms with Crippen molar-refractivity contribution in [2.75, 3.05) is 33.3 Å². The van der Waals surface area contributed by atoms with Crippen LogP contribution in [0, 0.1) is 11.3 Å². The maximum absolute atomic E-state index is 6.08. The van der Waals surface area contributed by atoms with E-state index in [1.165, 1.54) is 13.0 Å². The van der Waals surface area contributed by atoms with Crippen LogP contribution in [-0.2, 0) is 4.74 Å². The molecule has 0 aliphatic carbocycles. The lowest BCUT2D eigenvalue weighted by Crippen LogP contribution is -2.60. The minimum atomic E-state index is -0.0969. The Hall–Kier alpha value is 0.170. The van der Waals surface area contributed by atoms with Crippen LogP contribution in [-0.4, -0.2) is 43.9 Å². The van der Waals surface area contributed by atoms with Crippen molar-refractivity contribution in [3.05, 3.63) is 0 Å². The molecule has 0 aromatic carbocycles. The molecule has 0 amide bonds. The zero-order chi connectivity index (χ0) is 11.1. The molecule has 96 valence electrons. The smallest absolute Gasteiger partial charge is 0.120 e. The number of halogens is 1. The average molecular weight is 249 g/mol. The maximum Gasteiger partial charge on any atom is 0.120 e. The second-order valence-electron chi connectivity index (χ2n) is 6.16. The third-order valence-electron chi connectivity index (χ3n) is 3.85. The van der Waals surface area contributed by atoms with E-state index in [4.69, 9.17) is 4.74 Å². The van der Waals surface area contributed by atoms with Gasteiger partial charge >= 0.3 is 0 Å². The number of nitrogens with zero attached hydrogens (tertiary/aromatic N) is 1. The first kappa shape index (κ1) is 14.2. The number of ether oxygens (including phenoxy) is 1. The molecule has 0 aromatic heterocycles. The molecule has 2 aliphatic rings. The molecule has 0 spiro atoms. The zero-order valence-electron chi connectivity index (χ0n) is 10.9. The molecule has 2 aliphatic heterocycles. The Morgan fingerprint density at radius 1 is 1.31 bits per heavy atom. The maximum atomic E-state index is 6.08. The van der Waals surface area contributed by atoms with Crippen LogP contribution in [0.25, 0.3) is 0 Å². The van der Waals surface area contributed by atoms with E-state index in [2.05, 4.69) is 38.0 Å². The number of rotatable bonds is 1. The van der Waals surface area contributed by atoms with Crippen molar-refractivity contribution < 1.29 is 4.74 Å². The van der Waals surface area contributed by atoms with Crippen molar-refractivity contribution in [1.29, 1.82) is 0 Å². The van der Waals surface area contributed by atoms with Crippen molar-refractivity contribution >= 4 is 12.4 Å². The first-order valence-electron chi connectivity index (χ1n) is 5.99. The summed E-state index contributed by atoms with van der Waals surface area (Å²) >= 11 is 0. The molecule has 4 heteroatoms. The van der Waals surface area contributed by atoms with Gasteiger partial charge in [0.2, 0.25) is 0 Å². The van der Waals surface area contributed by atoms with E-state index in [0.717, 1.165) is 19.7 Å². The normalized spacial score (nSPS) is 39.4. The summed E-state index contributed by atoms with van der Waals surface area (Å²) in [6.07, 6.45) is 1.25. The van der Waals surface area contributed by atoms with Crippen LogP contribution in [0.3, 0.4) is 0 Å². The van der Waals surface area contributed by atoms with E-state index in [-0.39, 0.29) is 23.5 Å². The fourth-order valence-corrected chi connectivity index (χ4v) is 2.51. The molecule has 0 radical (unpaired) electrons. The first-order valence-corrected chi connectivity index (χ1v) is 5.99. The monoisotopic (exact) mass is 248 g/mol. The topological polar surface area (TPSA) is 24.5 Å². The van der Waals surface area contributed by atoms with Gasteiger partial charge in [0.05, 0.1) is 6.61 Å². The van der Waals surface area contributed by atoms with Crippen LogP contribution in [0.2, 0.25) is 0 Å². The second kappa shape index (κ2) is 4.81. The van der Waals surface area contributed by atoms with Crippen LogP contribution in [0.4, 0.5) is 0 Å². The summed E-state index contributed by atoms with van der Waals surface area (Å²) in [5.74, 6) is 0.638. The fourth-order valence-electron chi connectivity index (χ4n) is 2.51. The molecule has 0 bridgehead atoms. The van der Waals surface area contributed by atoms with E-state index >= 15 is 0 Å². The van der Waals surface area contributed by atoms with Crippen molar-refractivity contribution in [3.63, 3.8) is 0 Å². The van der Waals surface area contributed by atoms with E-state index < -0.39 is 0 Å². The highest BCUT2D eigenvalue weighted by Crippen LogP contribution is 2.33. The van der Waals surface area contributed by atoms with Gasteiger partial charge in [0.15, 0.2) is 0 Å². The molecule has 16 heavy (non-hydrogen) atoms. The van der Waals surface area contributed by atoms with Gasteiger partial charge in [-0.2, -0.15) is 0 Å². The van der Waals surface area contributed by atoms with Gasteiger partial charge in [0, 0.05) is 24.4 Å². The number of nitrogens with one attached hydrogen (secondary N) is 1. The summed E-state index contributed by atoms with van der Waals surface area (Å²) in [6.45, 7) is 11.0. The average Bonchev–Trinajstić information content (AvgIpc) is 2.59. The van der Waals surface area contributed by atoms with Crippen LogP contribution in [0.5, 0.6) is 0 Å². The number of likely N-dealkylation sites (tertiary alicyclic amines) is 1. The molecule has 2 heterocycles. The Balaban J connectivity index is 0.00000128. The van der Waals surface area contributed by atoms with Gasteiger partial charge < -0.3 is 9.64 Å². The van der Waals surface area contributed by atoms with E-state index in [1.807, 2.05) is 0 Å². The standard InChI is InChI=1S/C12H24N2O.ClH/c1-11(2)8-13-12(3,15-9-11)10-5-6-14(4)7-10;/h10,13H,5-9H2,1-4H3;1H. The Morgan fingerprint density at radius 2 is 2.00 bits per heavy atom. The lowest BCUT2D eigenvalue weighted by Gasteiger charge is -2.45. The summed E-state index contributed by atoms with van der Waals surface area (Å²) in [5, 5.41) is 3.60. The lowest BCUT2D eigenvalue weighted by atomic mass is 9.88. The summed E-state index contributed by atoms with van der Waals surface area (Å²) < 4.78 is 6.08. The van der Waals surface area contributed by atoms with E-state index in [0.29, 0.717) is 5.92 Å². The Kier molecular flexibility index (Phi) is 4.28.